The van der Waals surface area contributed by atoms with Gasteiger partial charge < -0.3 is 14.2 Å². The Kier molecular flexibility index (Phi) is 7.36. The fourth-order valence-electron chi connectivity index (χ4n) is 3.44. The van der Waals surface area contributed by atoms with E-state index >= 15 is 0 Å². The third-order valence-electron chi connectivity index (χ3n) is 5.17. The molecule has 6 nitrogen and oxygen atoms in total. The second kappa shape index (κ2) is 10.6. The minimum atomic E-state index is -0.301. The number of hydrogen-bond acceptors (Lipinski definition) is 6. The van der Waals surface area contributed by atoms with Gasteiger partial charge in [-0.15, -0.1) is 0 Å². The number of furan rings is 1. The third-order valence-corrected chi connectivity index (χ3v) is 6.07. The van der Waals surface area contributed by atoms with Crippen LogP contribution < -0.4 is 0 Å². The molecule has 0 saturated carbocycles. The number of benzene rings is 2. The maximum absolute atomic E-state index is 13.7. The van der Waals surface area contributed by atoms with Crippen LogP contribution in [0.2, 0.25) is 0 Å². The molecule has 8 heteroatoms. The smallest absolute Gasteiger partial charge is 0.290 e. The minimum absolute atomic E-state index is 0.193. The Morgan fingerprint density at radius 1 is 1.00 bits per heavy atom. The Bertz CT molecular complexity index is 1210. The molecule has 0 saturated heterocycles. The summed E-state index contributed by atoms with van der Waals surface area (Å²) in [6, 6.07) is 15.6. The number of carbonyl (C=O) groups is 1. The highest BCUT2D eigenvalue weighted by molar-refractivity contribution is 7.98. The summed E-state index contributed by atoms with van der Waals surface area (Å²) < 4.78 is 19.5. The standard InChI is InChI=1S/C25H25FN4O2S/c1-29(2)14-15-30(16-18-8-10-19(26)11-9-18)24(31)23-21(17-33-25-27-12-5-13-28-25)20-6-3-4-7-22(20)32-23/h3-13H,14-17H2,1-2H3. The van der Waals surface area contributed by atoms with Crippen molar-refractivity contribution >= 4 is 28.6 Å². The van der Waals surface area contributed by atoms with Gasteiger partial charge in [0.05, 0.1) is 0 Å². The van der Waals surface area contributed by atoms with E-state index in [0.29, 0.717) is 41.9 Å². The Labute approximate surface area is 196 Å². The van der Waals surface area contributed by atoms with Gasteiger partial charge in [-0.05, 0) is 43.9 Å². The van der Waals surface area contributed by atoms with Gasteiger partial charge in [0.15, 0.2) is 10.9 Å². The van der Waals surface area contributed by atoms with Gasteiger partial charge in [-0.25, -0.2) is 14.4 Å². The molecular weight excluding hydrogens is 439 g/mol. The second-order valence-electron chi connectivity index (χ2n) is 7.88. The van der Waals surface area contributed by atoms with Crippen LogP contribution in [-0.4, -0.2) is 52.9 Å². The highest BCUT2D eigenvalue weighted by atomic mass is 32.2. The van der Waals surface area contributed by atoms with E-state index in [4.69, 9.17) is 4.42 Å². The van der Waals surface area contributed by atoms with Gasteiger partial charge in [0, 0.05) is 48.7 Å². The molecule has 0 fully saturated rings. The predicted molar refractivity (Wildman–Crippen MR) is 128 cm³/mol. The lowest BCUT2D eigenvalue weighted by Gasteiger charge is -2.24. The van der Waals surface area contributed by atoms with Crippen LogP contribution in [0.3, 0.4) is 0 Å². The van der Waals surface area contributed by atoms with Crippen LogP contribution in [0.5, 0.6) is 0 Å². The Balaban J connectivity index is 1.66. The highest BCUT2D eigenvalue weighted by Gasteiger charge is 2.26. The van der Waals surface area contributed by atoms with E-state index < -0.39 is 0 Å². The van der Waals surface area contributed by atoms with E-state index in [1.54, 1.807) is 35.5 Å². The number of nitrogens with zero attached hydrogens (tertiary/aromatic N) is 4. The van der Waals surface area contributed by atoms with Gasteiger partial charge in [0.2, 0.25) is 0 Å². The molecule has 0 aliphatic rings. The Hall–Kier alpha value is -3.23. The summed E-state index contributed by atoms with van der Waals surface area (Å²) in [5.41, 5.74) is 2.34. The van der Waals surface area contributed by atoms with Crippen LogP contribution in [0.1, 0.15) is 21.7 Å². The van der Waals surface area contributed by atoms with Gasteiger partial charge >= 0.3 is 0 Å². The molecule has 0 bridgehead atoms. The van der Waals surface area contributed by atoms with Crippen molar-refractivity contribution in [2.24, 2.45) is 0 Å². The summed E-state index contributed by atoms with van der Waals surface area (Å²) in [4.78, 5) is 26.0. The van der Waals surface area contributed by atoms with E-state index in [9.17, 15) is 9.18 Å². The van der Waals surface area contributed by atoms with Crippen molar-refractivity contribution < 1.29 is 13.6 Å². The van der Waals surface area contributed by atoms with Crippen molar-refractivity contribution in [1.29, 1.82) is 0 Å². The number of para-hydroxylation sites is 1. The van der Waals surface area contributed by atoms with Crippen LogP contribution >= 0.6 is 11.8 Å². The molecule has 0 unspecified atom stereocenters. The molecule has 1 amide bonds. The Morgan fingerprint density at radius 2 is 1.73 bits per heavy atom. The zero-order valence-corrected chi connectivity index (χ0v) is 19.4. The molecule has 0 aliphatic carbocycles. The van der Waals surface area contributed by atoms with Gasteiger partial charge in [0.1, 0.15) is 11.4 Å². The molecule has 4 rings (SSSR count). The number of rotatable bonds is 9. The first-order chi connectivity index (χ1) is 16.0. The first-order valence-electron chi connectivity index (χ1n) is 10.6. The Morgan fingerprint density at radius 3 is 2.45 bits per heavy atom. The highest BCUT2D eigenvalue weighted by Crippen LogP contribution is 2.32. The molecule has 33 heavy (non-hydrogen) atoms. The number of hydrogen-bond donors (Lipinski definition) is 0. The molecule has 2 aromatic carbocycles. The van der Waals surface area contributed by atoms with Crippen molar-refractivity contribution in [2.45, 2.75) is 17.5 Å². The number of fused-ring (bicyclic) bond motifs is 1. The molecule has 0 N–H and O–H groups in total. The predicted octanol–water partition coefficient (Wildman–Crippen LogP) is 4.86. The van der Waals surface area contributed by atoms with Gasteiger partial charge in [-0.1, -0.05) is 42.1 Å². The first kappa shape index (κ1) is 22.9. The molecule has 4 aromatic rings. The SMILES string of the molecule is CN(C)CCN(Cc1ccc(F)cc1)C(=O)c1oc2ccccc2c1CSc1ncccn1. The number of amides is 1. The van der Waals surface area contributed by atoms with Crippen molar-refractivity contribution in [3.05, 3.63) is 89.7 Å². The summed E-state index contributed by atoms with van der Waals surface area (Å²) in [6.07, 6.45) is 3.39. The molecule has 0 aliphatic heterocycles. The summed E-state index contributed by atoms with van der Waals surface area (Å²) in [7, 11) is 3.92. The monoisotopic (exact) mass is 464 g/mol. The van der Waals surface area contributed by atoms with Crippen molar-refractivity contribution in [2.75, 3.05) is 27.2 Å². The van der Waals surface area contributed by atoms with E-state index in [0.717, 1.165) is 16.5 Å². The lowest BCUT2D eigenvalue weighted by atomic mass is 10.1. The van der Waals surface area contributed by atoms with E-state index in [-0.39, 0.29) is 11.7 Å². The van der Waals surface area contributed by atoms with E-state index in [2.05, 4.69) is 9.97 Å². The van der Waals surface area contributed by atoms with Crippen molar-refractivity contribution in [3.63, 3.8) is 0 Å². The summed E-state index contributed by atoms with van der Waals surface area (Å²) in [5, 5.41) is 1.54. The lowest BCUT2D eigenvalue weighted by Crippen LogP contribution is -2.36. The molecule has 0 radical (unpaired) electrons. The number of carbonyl (C=O) groups excluding carboxylic acids is 1. The van der Waals surface area contributed by atoms with Crippen LogP contribution in [0.25, 0.3) is 11.0 Å². The van der Waals surface area contributed by atoms with Crippen molar-refractivity contribution in [3.8, 4) is 0 Å². The average Bonchev–Trinajstić information content (AvgIpc) is 3.20. The lowest BCUT2D eigenvalue weighted by molar-refractivity contribution is 0.0701. The van der Waals surface area contributed by atoms with E-state index in [1.165, 1.54) is 23.9 Å². The maximum Gasteiger partial charge on any atom is 0.290 e. The quantitative estimate of drug-likeness (QED) is 0.260. The molecule has 0 atom stereocenters. The number of thioether (sulfide) groups is 1. The third kappa shape index (κ3) is 5.77. The molecular formula is C25H25FN4O2S. The molecule has 2 aromatic heterocycles. The van der Waals surface area contributed by atoms with Gasteiger partial charge in [-0.3, -0.25) is 4.79 Å². The fourth-order valence-corrected chi connectivity index (χ4v) is 4.27. The van der Waals surface area contributed by atoms with Crippen molar-refractivity contribution in [1.82, 2.24) is 19.8 Å². The summed E-state index contributed by atoms with van der Waals surface area (Å²) in [6.45, 7) is 1.56. The van der Waals surface area contributed by atoms with Crippen LogP contribution in [0.15, 0.2) is 76.6 Å². The zero-order chi connectivity index (χ0) is 23.2. The zero-order valence-electron chi connectivity index (χ0n) is 18.6. The first-order valence-corrected chi connectivity index (χ1v) is 11.6. The second-order valence-corrected chi connectivity index (χ2v) is 8.82. The van der Waals surface area contributed by atoms with Crippen LogP contribution in [0.4, 0.5) is 4.39 Å². The average molecular weight is 465 g/mol. The van der Waals surface area contributed by atoms with Crippen LogP contribution in [-0.2, 0) is 12.3 Å². The maximum atomic E-state index is 13.7. The molecule has 2 heterocycles. The molecule has 170 valence electrons. The largest absolute Gasteiger partial charge is 0.451 e. The number of halogens is 1. The minimum Gasteiger partial charge on any atom is -0.451 e. The van der Waals surface area contributed by atoms with Gasteiger partial charge in [-0.2, -0.15) is 0 Å². The fraction of sp³-hybridized carbons (Fsp3) is 0.240. The number of likely N-dealkylation sites (N-methyl/N-ethyl adjacent to an activating group) is 1. The summed E-state index contributed by atoms with van der Waals surface area (Å²) >= 11 is 1.46. The van der Waals surface area contributed by atoms with E-state index in [1.807, 2.05) is 43.3 Å². The van der Waals surface area contributed by atoms with Crippen LogP contribution in [0, 0.1) is 5.82 Å². The molecule has 0 spiro atoms. The normalized spacial score (nSPS) is 11.3. The van der Waals surface area contributed by atoms with Gasteiger partial charge in [0.25, 0.3) is 5.91 Å². The number of aromatic nitrogens is 2. The summed E-state index contributed by atoms with van der Waals surface area (Å²) in [5.74, 6) is 0.326. The topological polar surface area (TPSA) is 62.5 Å².